The average Bonchev–Trinajstić information content (AvgIpc) is 2.57. The first kappa shape index (κ1) is 9.73. The number of hydrogen-bond acceptors (Lipinski definition) is 2. The summed E-state index contributed by atoms with van der Waals surface area (Å²) in [4.78, 5) is 4.10. The van der Waals surface area contributed by atoms with Crippen molar-refractivity contribution in [3.05, 3.63) is 39.8 Å². The Labute approximate surface area is 91.5 Å². The highest BCUT2D eigenvalue weighted by atomic mass is 79.9. The number of nitrogens with zero attached hydrogens (tertiary/aromatic N) is 1. The van der Waals surface area contributed by atoms with Crippen molar-refractivity contribution in [1.82, 2.24) is 4.98 Å². The Bertz CT molecular complexity index is 470. The normalized spacial score (nSPS) is 10.5. The SMILES string of the molecule is Fc1ccc(-c2nc(Br)cs2)cc1F. The zero-order chi connectivity index (χ0) is 10.1. The number of benzene rings is 1. The van der Waals surface area contributed by atoms with Gasteiger partial charge in [0, 0.05) is 10.9 Å². The molecule has 0 aliphatic rings. The molecule has 1 aromatic heterocycles. The number of hydrogen-bond donors (Lipinski definition) is 0. The fourth-order valence-corrected chi connectivity index (χ4v) is 2.27. The molecular weight excluding hydrogens is 272 g/mol. The number of thiazole rings is 1. The van der Waals surface area contributed by atoms with Crippen LogP contribution in [0.2, 0.25) is 0 Å². The van der Waals surface area contributed by atoms with E-state index in [4.69, 9.17) is 0 Å². The van der Waals surface area contributed by atoms with Crippen molar-refractivity contribution in [1.29, 1.82) is 0 Å². The van der Waals surface area contributed by atoms with Crippen LogP contribution >= 0.6 is 27.3 Å². The van der Waals surface area contributed by atoms with Crippen molar-refractivity contribution in [2.75, 3.05) is 0 Å². The molecule has 0 N–H and O–H groups in total. The smallest absolute Gasteiger partial charge is 0.159 e. The molecule has 0 amide bonds. The quantitative estimate of drug-likeness (QED) is 0.771. The Hall–Kier alpha value is -0.810. The summed E-state index contributed by atoms with van der Waals surface area (Å²) in [5.74, 6) is -1.70. The maximum Gasteiger partial charge on any atom is 0.159 e. The zero-order valence-corrected chi connectivity index (χ0v) is 9.20. The molecule has 2 rings (SSSR count). The van der Waals surface area contributed by atoms with Crippen LogP contribution in [0.4, 0.5) is 8.78 Å². The third-order valence-corrected chi connectivity index (χ3v) is 3.24. The van der Waals surface area contributed by atoms with E-state index in [0.29, 0.717) is 15.2 Å². The lowest BCUT2D eigenvalue weighted by Crippen LogP contribution is -1.84. The van der Waals surface area contributed by atoms with E-state index in [2.05, 4.69) is 20.9 Å². The van der Waals surface area contributed by atoms with Gasteiger partial charge in [-0.05, 0) is 34.1 Å². The average molecular weight is 276 g/mol. The van der Waals surface area contributed by atoms with Gasteiger partial charge >= 0.3 is 0 Å². The molecule has 0 saturated carbocycles. The standard InChI is InChI=1S/C9H4BrF2NS/c10-8-4-14-9(13-8)5-1-2-6(11)7(12)3-5/h1-4H. The van der Waals surface area contributed by atoms with Gasteiger partial charge in [-0.3, -0.25) is 0 Å². The second kappa shape index (κ2) is 3.74. The lowest BCUT2D eigenvalue weighted by atomic mass is 10.2. The largest absolute Gasteiger partial charge is 0.229 e. The van der Waals surface area contributed by atoms with Gasteiger partial charge in [-0.15, -0.1) is 11.3 Å². The minimum absolute atomic E-state index is 0.583. The minimum Gasteiger partial charge on any atom is -0.229 e. The van der Waals surface area contributed by atoms with Crippen molar-refractivity contribution in [2.24, 2.45) is 0 Å². The molecule has 1 nitrogen and oxygen atoms in total. The van der Waals surface area contributed by atoms with Crippen LogP contribution in [0.3, 0.4) is 0 Å². The van der Waals surface area contributed by atoms with Gasteiger partial charge in [0.25, 0.3) is 0 Å². The molecule has 0 fully saturated rings. The third kappa shape index (κ3) is 1.83. The van der Waals surface area contributed by atoms with Crippen LogP contribution in [-0.2, 0) is 0 Å². The Morgan fingerprint density at radius 2 is 2.00 bits per heavy atom. The fraction of sp³-hybridized carbons (Fsp3) is 0. The summed E-state index contributed by atoms with van der Waals surface area (Å²) >= 11 is 4.56. The first-order valence-corrected chi connectivity index (χ1v) is 5.40. The molecule has 1 heterocycles. The van der Waals surface area contributed by atoms with E-state index >= 15 is 0 Å². The highest BCUT2D eigenvalue weighted by Crippen LogP contribution is 2.26. The number of halogens is 3. The van der Waals surface area contributed by atoms with E-state index in [0.717, 1.165) is 12.1 Å². The van der Waals surface area contributed by atoms with E-state index in [1.807, 2.05) is 0 Å². The molecule has 0 aliphatic carbocycles. The summed E-state index contributed by atoms with van der Waals surface area (Å²) in [6.07, 6.45) is 0. The summed E-state index contributed by atoms with van der Waals surface area (Å²) in [6.45, 7) is 0. The fourth-order valence-electron chi connectivity index (χ4n) is 1.02. The summed E-state index contributed by atoms with van der Waals surface area (Å²) in [7, 11) is 0. The molecule has 0 atom stereocenters. The lowest BCUT2D eigenvalue weighted by molar-refractivity contribution is 0.509. The van der Waals surface area contributed by atoms with Gasteiger partial charge in [-0.25, -0.2) is 13.8 Å². The lowest BCUT2D eigenvalue weighted by Gasteiger charge is -1.96. The van der Waals surface area contributed by atoms with Crippen LogP contribution in [0.15, 0.2) is 28.2 Å². The van der Waals surface area contributed by atoms with Gasteiger partial charge < -0.3 is 0 Å². The molecule has 72 valence electrons. The van der Waals surface area contributed by atoms with Gasteiger partial charge in [-0.1, -0.05) is 0 Å². The van der Waals surface area contributed by atoms with Crippen molar-refractivity contribution in [3.63, 3.8) is 0 Å². The summed E-state index contributed by atoms with van der Waals surface area (Å²) in [6, 6.07) is 3.74. The minimum atomic E-state index is -0.853. The van der Waals surface area contributed by atoms with E-state index in [9.17, 15) is 8.78 Å². The van der Waals surface area contributed by atoms with Crippen LogP contribution in [0.25, 0.3) is 10.6 Å². The monoisotopic (exact) mass is 275 g/mol. The predicted octanol–water partition coefficient (Wildman–Crippen LogP) is 3.85. The van der Waals surface area contributed by atoms with Crippen LogP contribution in [-0.4, -0.2) is 4.98 Å². The Kier molecular flexibility index (Phi) is 2.60. The molecule has 0 aliphatic heterocycles. The molecule has 0 saturated heterocycles. The Morgan fingerprint density at radius 1 is 1.21 bits per heavy atom. The highest BCUT2D eigenvalue weighted by molar-refractivity contribution is 9.10. The maximum atomic E-state index is 12.9. The maximum absolute atomic E-state index is 12.9. The van der Waals surface area contributed by atoms with Crippen LogP contribution in [0.1, 0.15) is 0 Å². The Morgan fingerprint density at radius 3 is 2.57 bits per heavy atom. The summed E-state index contributed by atoms with van der Waals surface area (Å²) < 4.78 is 26.2. The van der Waals surface area contributed by atoms with E-state index < -0.39 is 11.6 Å². The van der Waals surface area contributed by atoms with Crippen molar-refractivity contribution in [3.8, 4) is 10.6 Å². The zero-order valence-electron chi connectivity index (χ0n) is 6.80. The highest BCUT2D eigenvalue weighted by Gasteiger charge is 2.07. The second-order valence-electron chi connectivity index (χ2n) is 2.60. The first-order valence-electron chi connectivity index (χ1n) is 3.73. The van der Waals surface area contributed by atoms with Gasteiger partial charge in [0.1, 0.15) is 9.61 Å². The van der Waals surface area contributed by atoms with Gasteiger partial charge in [0.2, 0.25) is 0 Å². The van der Waals surface area contributed by atoms with Gasteiger partial charge in [-0.2, -0.15) is 0 Å². The molecule has 5 heteroatoms. The predicted molar refractivity (Wildman–Crippen MR) is 55.2 cm³/mol. The van der Waals surface area contributed by atoms with Crippen molar-refractivity contribution in [2.45, 2.75) is 0 Å². The van der Waals surface area contributed by atoms with Crippen LogP contribution < -0.4 is 0 Å². The molecule has 1 aromatic carbocycles. The van der Waals surface area contributed by atoms with Crippen LogP contribution in [0.5, 0.6) is 0 Å². The molecule has 0 bridgehead atoms. The van der Waals surface area contributed by atoms with Crippen LogP contribution in [0, 0.1) is 11.6 Å². The Balaban J connectivity index is 2.47. The van der Waals surface area contributed by atoms with Crippen molar-refractivity contribution < 1.29 is 8.78 Å². The molecular formula is C9H4BrF2NS. The van der Waals surface area contributed by atoms with E-state index in [-0.39, 0.29) is 0 Å². The van der Waals surface area contributed by atoms with E-state index in [1.54, 1.807) is 5.38 Å². The first-order chi connectivity index (χ1) is 6.66. The molecule has 0 unspecified atom stereocenters. The molecule has 14 heavy (non-hydrogen) atoms. The van der Waals surface area contributed by atoms with Gasteiger partial charge in [0.05, 0.1) is 0 Å². The topological polar surface area (TPSA) is 12.9 Å². The molecule has 0 spiro atoms. The number of aromatic nitrogens is 1. The van der Waals surface area contributed by atoms with E-state index in [1.165, 1.54) is 17.4 Å². The van der Waals surface area contributed by atoms with Gasteiger partial charge in [0.15, 0.2) is 11.6 Å². The number of rotatable bonds is 1. The summed E-state index contributed by atoms with van der Waals surface area (Å²) in [5.41, 5.74) is 0.583. The second-order valence-corrected chi connectivity index (χ2v) is 4.27. The summed E-state index contributed by atoms with van der Waals surface area (Å²) in [5, 5.41) is 2.45. The third-order valence-electron chi connectivity index (χ3n) is 1.64. The molecule has 0 radical (unpaired) electrons. The van der Waals surface area contributed by atoms with Crippen molar-refractivity contribution >= 4 is 27.3 Å². The molecule has 2 aromatic rings.